The minimum absolute atomic E-state index is 0.215. The molecular weight excluding hydrogens is 602 g/mol. The first-order chi connectivity index (χ1) is 21.2. The quantitative estimate of drug-likeness (QED) is 0.253. The summed E-state index contributed by atoms with van der Waals surface area (Å²) in [6.07, 6.45) is 7.62. The normalized spacial score (nSPS) is 18.8. The number of nitrogens with one attached hydrogen (secondary N) is 1. The summed E-state index contributed by atoms with van der Waals surface area (Å²) in [5.41, 5.74) is -0.459. The number of benzene rings is 1. The Kier molecular flexibility index (Phi) is 8.71. The summed E-state index contributed by atoms with van der Waals surface area (Å²) >= 11 is 5.81. The van der Waals surface area contributed by atoms with Crippen molar-refractivity contribution in [2.24, 2.45) is 0 Å². The number of alkyl halides is 3. The average Bonchev–Trinajstić information content (AvgIpc) is 3.77. The number of nitrogens with zero attached hydrogens (tertiary/aromatic N) is 8. The standard InChI is InChI=1S/C29H28ClF4N9O/c30-22-4-3-21(27(33)34)25(26(22)32)23-11-35-12-24(40-23)28(44)39-19-10-38-42(15-19)13-17-8-36-29(37-9-17)43-6-1-2-20(43)16-41-7-5-18(31)14-41/h3-4,8-12,15,18,20,27H,1-2,5-7,13-14,16H2,(H,39,44)/t18-,20?/m0/s1. The number of aromatic nitrogens is 6. The second kappa shape index (κ2) is 12.8. The average molecular weight is 630 g/mol. The number of anilines is 2. The van der Waals surface area contributed by atoms with Crippen molar-refractivity contribution in [3.8, 4) is 11.3 Å². The van der Waals surface area contributed by atoms with Crippen LogP contribution in [0.4, 0.5) is 29.2 Å². The van der Waals surface area contributed by atoms with E-state index in [-0.39, 0.29) is 22.5 Å². The Balaban J connectivity index is 1.09. The van der Waals surface area contributed by atoms with Crippen LogP contribution >= 0.6 is 11.6 Å². The molecule has 15 heteroatoms. The molecule has 2 fully saturated rings. The van der Waals surface area contributed by atoms with Gasteiger partial charge in [0.25, 0.3) is 12.3 Å². The molecule has 0 spiro atoms. The van der Waals surface area contributed by atoms with E-state index in [2.05, 4.69) is 40.2 Å². The van der Waals surface area contributed by atoms with Gasteiger partial charge < -0.3 is 10.2 Å². The van der Waals surface area contributed by atoms with Gasteiger partial charge in [-0.1, -0.05) is 17.7 Å². The lowest BCUT2D eigenvalue weighted by Gasteiger charge is -2.28. The summed E-state index contributed by atoms with van der Waals surface area (Å²) < 4.78 is 57.0. The molecule has 4 aromatic rings. The number of hydrogen-bond acceptors (Lipinski definition) is 8. The first-order valence-electron chi connectivity index (χ1n) is 14.1. The van der Waals surface area contributed by atoms with E-state index >= 15 is 0 Å². The van der Waals surface area contributed by atoms with Gasteiger partial charge in [0.1, 0.15) is 11.9 Å². The third-order valence-corrected chi connectivity index (χ3v) is 8.02. The second-order valence-electron chi connectivity index (χ2n) is 10.8. The maximum absolute atomic E-state index is 14.7. The molecule has 10 nitrogen and oxygen atoms in total. The fourth-order valence-corrected chi connectivity index (χ4v) is 5.77. The molecule has 44 heavy (non-hydrogen) atoms. The van der Waals surface area contributed by atoms with Crippen molar-refractivity contribution < 1.29 is 22.4 Å². The molecule has 0 radical (unpaired) electrons. The Morgan fingerprint density at radius 1 is 1.09 bits per heavy atom. The van der Waals surface area contributed by atoms with Crippen molar-refractivity contribution >= 4 is 29.1 Å². The maximum Gasteiger partial charge on any atom is 0.275 e. The lowest BCUT2D eigenvalue weighted by atomic mass is 10.0. The summed E-state index contributed by atoms with van der Waals surface area (Å²) in [4.78, 5) is 34.3. The summed E-state index contributed by atoms with van der Waals surface area (Å²) in [6.45, 7) is 3.26. The SMILES string of the molecule is O=C(Nc1cnn(Cc2cnc(N3CCCC3CN3CC[C@H](F)C3)nc2)c1)c1cncc(-c2c(C(F)F)ccc(Cl)c2F)n1. The van der Waals surface area contributed by atoms with Crippen LogP contribution in [0.1, 0.15) is 47.3 Å². The van der Waals surface area contributed by atoms with E-state index < -0.39 is 35.4 Å². The van der Waals surface area contributed by atoms with E-state index in [9.17, 15) is 22.4 Å². The highest BCUT2D eigenvalue weighted by Crippen LogP contribution is 2.35. The molecule has 0 aliphatic carbocycles. The van der Waals surface area contributed by atoms with E-state index in [1.165, 1.54) is 6.20 Å². The molecule has 0 bridgehead atoms. The van der Waals surface area contributed by atoms with Crippen molar-refractivity contribution in [1.29, 1.82) is 0 Å². The number of rotatable bonds is 9. The summed E-state index contributed by atoms with van der Waals surface area (Å²) in [6, 6.07) is 2.30. The highest BCUT2D eigenvalue weighted by Gasteiger charge is 2.31. The molecular formula is C29H28ClF4N9O. The molecule has 1 aromatic carbocycles. The van der Waals surface area contributed by atoms with Crippen LogP contribution in [0.5, 0.6) is 0 Å². The third-order valence-electron chi connectivity index (χ3n) is 7.73. The number of amides is 1. The molecule has 1 unspecified atom stereocenters. The van der Waals surface area contributed by atoms with Gasteiger partial charge >= 0.3 is 0 Å². The molecule has 2 atom stereocenters. The molecule has 6 rings (SSSR count). The zero-order chi connectivity index (χ0) is 30.8. The highest BCUT2D eigenvalue weighted by atomic mass is 35.5. The van der Waals surface area contributed by atoms with Crippen LogP contribution in [0.15, 0.2) is 49.3 Å². The van der Waals surface area contributed by atoms with Crippen molar-refractivity contribution in [3.05, 3.63) is 77.0 Å². The van der Waals surface area contributed by atoms with E-state index in [0.29, 0.717) is 31.1 Å². The Hall–Kier alpha value is -4.17. The van der Waals surface area contributed by atoms with E-state index in [0.717, 1.165) is 62.6 Å². The van der Waals surface area contributed by atoms with Gasteiger partial charge in [0.05, 0.1) is 41.5 Å². The van der Waals surface area contributed by atoms with E-state index in [1.54, 1.807) is 23.3 Å². The summed E-state index contributed by atoms with van der Waals surface area (Å²) in [7, 11) is 0. The number of carbonyl (C=O) groups excluding carboxylic acids is 1. The number of halogens is 5. The summed E-state index contributed by atoms with van der Waals surface area (Å²) in [5.74, 6) is -1.13. The molecule has 1 amide bonds. The minimum atomic E-state index is -2.99. The first kappa shape index (κ1) is 29.9. The predicted molar refractivity (Wildman–Crippen MR) is 155 cm³/mol. The van der Waals surface area contributed by atoms with Crippen LogP contribution < -0.4 is 10.2 Å². The Labute approximate surface area is 255 Å². The molecule has 0 saturated carbocycles. The molecule has 2 aliphatic rings. The maximum atomic E-state index is 14.7. The first-order valence-corrected chi connectivity index (χ1v) is 14.5. The Morgan fingerprint density at radius 3 is 2.66 bits per heavy atom. The van der Waals surface area contributed by atoms with Gasteiger partial charge in [-0.25, -0.2) is 32.5 Å². The van der Waals surface area contributed by atoms with Gasteiger partial charge in [-0.05, 0) is 25.3 Å². The summed E-state index contributed by atoms with van der Waals surface area (Å²) in [5, 5.41) is 6.54. The van der Waals surface area contributed by atoms with Crippen LogP contribution in [0.2, 0.25) is 5.02 Å². The molecule has 230 valence electrons. The Morgan fingerprint density at radius 2 is 1.91 bits per heavy atom. The van der Waals surface area contributed by atoms with Crippen molar-refractivity contribution in [1.82, 2.24) is 34.6 Å². The Bertz CT molecular complexity index is 1640. The zero-order valence-corrected chi connectivity index (χ0v) is 24.1. The second-order valence-corrected chi connectivity index (χ2v) is 11.2. The lowest BCUT2D eigenvalue weighted by Crippen LogP contribution is -2.40. The smallest absolute Gasteiger partial charge is 0.275 e. The number of carbonyl (C=O) groups is 1. The fraction of sp³-hybridized carbons (Fsp3) is 0.379. The van der Waals surface area contributed by atoms with Gasteiger partial charge in [-0.2, -0.15) is 5.10 Å². The predicted octanol–water partition coefficient (Wildman–Crippen LogP) is 5.17. The molecule has 2 aliphatic heterocycles. The monoisotopic (exact) mass is 629 g/mol. The van der Waals surface area contributed by atoms with Crippen molar-refractivity contribution in [2.45, 2.75) is 44.4 Å². The number of likely N-dealkylation sites (tertiary alicyclic amines) is 1. The van der Waals surface area contributed by atoms with Crippen LogP contribution in [-0.4, -0.2) is 78.9 Å². The molecule has 5 heterocycles. The molecule has 3 aromatic heterocycles. The highest BCUT2D eigenvalue weighted by molar-refractivity contribution is 6.31. The van der Waals surface area contributed by atoms with E-state index in [4.69, 9.17) is 11.6 Å². The van der Waals surface area contributed by atoms with Gasteiger partial charge in [0.15, 0.2) is 5.82 Å². The lowest BCUT2D eigenvalue weighted by molar-refractivity contribution is 0.102. The van der Waals surface area contributed by atoms with Crippen LogP contribution in [-0.2, 0) is 6.54 Å². The van der Waals surface area contributed by atoms with Crippen LogP contribution in [0.3, 0.4) is 0 Å². The van der Waals surface area contributed by atoms with Gasteiger partial charge in [0, 0.05) is 67.5 Å². The molecule has 2 saturated heterocycles. The fourth-order valence-electron chi connectivity index (χ4n) is 5.62. The van der Waals surface area contributed by atoms with Crippen LogP contribution in [0, 0.1) is 5.82 Å². The van der Waals surface area contributed by atoms with E-state index in [1.807, 2.05) is 0 Å². The van der Waals surface area contributed by atoms with Gasteiger partial charge in [-0.3, -0.25) is 19.4 Å². The third kappa shape index (κ3) is 6.50. The van der Waals surface area contributed by atoms with Crippen molar-refractivity contribution in [2.75, 3.05) is 36.4 Å². The number of hydrogen-bond donors (Lipinski definition) is 1. The molecule has 1 N–H and O–H groups in total. The van der Waals surface area contributed by atoms with Gasteiger partial charge in [0.2, 0.25) is 5.95 Å². The minimum Gasteiger partial charge on any atom is -0.337 e. The largest absolute Gasteiger partial charge is 0.337 e. The van der Waals surface area contributed by atoms with Crippen LogP contribution in [0.25, 0.3) is 11.3 Å². The van der Waals surface area contributed by atoms with Crippen molar-refractivity contribution in [3.63, 3.8) is 0 Å². The zero-order valence-electron chi connectivity index (χ0n) is 23.4. The topological polar surface area (TPSA) is 105 Å². The van der Waals surface area contributed by atoms with Gasteiger partial charge in [-0.15, -0.1) is 0 Å².